The van der Waals surface area contributed by atoms with Gasteiger partial charge in [-0.15, -0.1) is 0 Å². The Hall–Kier alpha value is -2.93. The van der Waals surface area contributed by atoms with Crippen LogP contribution in [0.1, 0.15) is 17.5 Å². The van der Waals surface area contributed by atoms with Gasteiger partial charge in [-0.25, -0.2) is 4.39 Å². The summed E-state index contributed by atoms with van der Waals surface area (Å²) in [6.07, 6.45) is -0.659. The summed E-state index contributed by atoms with van der Waals surface area (Å²) in [5.41, 5.74) is 2.36. The zero-order valence-corrected chi connectivity index (χ0v) is 15.2. The van der Waals surface area contributed by atoms with Gasteiger partial charge in [0.25, 0.3) is 5.91 Å². The Morgan fingerprint density at radius 3 is 2.85 bits per heavy atom. The molecule has 1 aliphatic heterocycles. The number of halogens is 2. The smallest absolute Gasteiger partial charge is 0.264 e. The summed E-state index contributed by atoms with van der Waals surface area (Å²) in [7, 11) is 0. The van der Waals surface area contributed by atoms with Gasteiger partial charge in [0, 0.05) is 22.7 Å². The first-order chi connectivity index (χ1) is 12.9. The molecule has 2 aromatic carbocycles. The molecular weight excluding hydrogens is 373 g/mol. The molecule has 27 heavy (non-hydrogen) atoms. The highest BCUT2D eigenvalue weighted by Crippen LogP contribution is 2.22. The molecule has 0 aromatic heterocycles. The summed E-state index contributed by atoms with van der Waals surface area (Å²) in [6.45, 7) is 1.56. The Labute approximate surface area is 160 Å². The highest BCUT2D eigenvalue weighted by atomic mass is 35.5. The molecule has 0 bridgehead atoms. The summed E-state index contributed by atoms with van der Waals surface area (Å²) >= 11 is 6.01. The average Bonchev–Trinajstić information content (AvgIpc) is 3.14. The van der Waals surface area contributed by atoms with Crippen molar-refractivity contribution < 1.29 is 18.8 Å². The quantitative estimate of drug-likeness (QED) is 0.824. The number of amides is 2. The second-order valence-electron chi connectivity index (χ2n) is 6.02. The van der Waals surface area contributed by atoms with Crippen LogP contribution in [0.15, 0.2) is 47.6 Å². The summed E-state index contributed by atoms with van der Waals surface area (Å²) in [5.74, 6) is -1.25. The van der Waals surface area contributed by atoms with Gasteiger partial charge in [-0.1, -0.05) is 35.0 Å². The lowest BCUT2D eigenvalue weighted by Gasteiger charge is -2.11. The number of rotatable bonds is 5. The van der Waals surface area contributed by atoms with Gasteiger partial charge in [0.15, 0.2) is 0 Å². The van der Waals surface area contributed by atoms with Gasteiger partial charge in [0.2, 0.25) is 12.0 Å². The van der Waals surface area contributed by atoms with Gasteiger partial charge in [-0.3, -0.25) is 9.59 Å². The second-order valence-corrected chi connectivity index (χ2v) is 6.43. The highest BCUT2D eigenvalue weighted by molar-refractivity contribution is 6.31. The third-order valence-electron chi connectivity index (χ3n) is 4.08. The fraction of sp³-hybridized carbons (Fsp3) is 0.211. The summed E-state index contributed by atoms with van der Waals surface area (Å²) in [6, 6.07) is 11.1. The Kier molecular flexibility index (Phi) is 5.71. The van der Waals surface area contributed by atoms with Crippen LogP contribution in [-0.2, 0) is 14.4 Å². The largest absolute Gasteiger partial charge is 0.382 e. The molecule has 3 rings (SSSR count). The number of anilines is 1. The van der Waals surface area contributed by atoms with Crippen LogP contribution in [0.3, 0.4) is 0 Å². The minimum Gasteiger partial charge on any atom is -0.382 e. The zero-order chi connectivity index (χ0) is 19.4. The highest BCUT2D eigenvalue weighted by Gasteiger charge is 2.29. The molecule has 0 spiro atoms. The Morgan fingerprint density at radius 1 is 1.30 bits per heavy atom. The summed E-state index contributed by atoms with van der Waals surface area (Å²) in [5, 5.41) is 9.57. The number of benzene rings is 2. The fourth-order valence-corrected chi connectivity index (χ4v) is 2.75. The number of hydrogen-bond donors (Lipinski definition) is 2. The first kappa shape index (κ1) is 18.8. The van der Waals surface area contributed by atoms with Crippen molar-refractivity contribution in [2.24, 2.45) is 5.16 Å². The van der Waals surface area contributed by atoms with E-state index in [0.717, 1.165) is 5.56 Å². The summed E-state index contributed by atoms with van der Waals surface area (Å²) < 4.78 is 13.3. The van der Waals surface area contributed by atoms with Crippen molar-refractivity contribution in [2.75, 3.05) is 11.9 Å². The third kappa shape index (κ3) is 4.62. The van der Waals surface area contributed by atoms with Crippen molar-refractivity contribution in [2.45, 2.75) is 19.4 Å². The standard InChI is InChI=1S/C19H17ClFN3O3/c1-11-14(20)6-3-7-15(11)23-18(25)10-22-19(26)17-9-16(24-27-17)12-4-2-5-13(21)8-12/h2-8,17H,9-10H2,1H3,(H,22,26)(H,23,25). The lowest BCUT2D eigenvalue weighted by atomic mass is 10.0. The van der Waals surface area contributed by atoms with E-state index in [1.807, 2.05) is 0 Å². The molecular formula is C19H17ClFN3O3. The van der Waals surface area contributed by atoms with E-state index in [0.29, 0.717) is 22.0 Å². The lowest BCUT2D eigenvalue weighted by molar-refractivity contribution is -0.132. The van der Waals surface area contributed by atoms with Gasteiger partial charge in [-0.05, 0) is 36.8 Å². The van der Waals surface area contributed by atoms with Crippen LogP contribution >= 0.6 is 11.6 Å². The average molecular weight is 390 g/mol. The van der Waals surface area contributed by atoms with E-state index < -0.39 is 23.7 Å². The Balaban J connectivity index is 1.50. The van der Waals surface area contributed by atoms with Crippen LogP contribution in [0.5, 0.6) is 0 Å². The van der Waals surface area contributed by atoms with Crippen LogP contribution in [0.2, 0.25) is 5.02 Å². The summed E-state index contributed by atoms with van der Waals surface area (Å²) in [4.78, 5) is 29.3. The fourth-order valence-electron chi connectivity index (χ4n) is 2.58. The molecule has 2 N–H and O–H groups in total. The Morgan fingerprint density at radius 2 is 2.07 bits per heavy atom. The van der Waals surface area contributed by atoms with Gasteiger partial charge in [0.05, 0.1) is 12.3 Å². The van der Waals surface area contributed by atoms with Crippen molar-refractivity contribution in [3.8, 4) is 0 Å². The van der Waals surface area contributed by atoms with Crippen molar-refractivity contribution in [3.05, 3.63) is 64.4 Å². The van der Waals surface area contributed by atoms with Crippen LogP contribution in [-0.4, -0.2) is 30.2 Å². The molecule has 2 amide bonds. The molecule has 0 aliphatic carbocycles. The monoisotopic (exact) mass is 389 g/mol. The molecule has 2 aromatic rings. The number of nitrogens with zero attached hydrogens (tertiary/aromatic N) is 1. The van der Waals surface area contributed by atoms with Crippen LogP contribution in [0.25, 0.3) is 0 Å². The molecule has 8 heteroatoms. The maximum absolute atomic E-state index is 13.3. The Bertz CT molecular complexity index is 917. The normalized spacial score (nSPS) is 15.7. The lowest BCUT2D eigenvalue weighted by Crippen LogP contribution is -2.39. The minimum atomic E-state index is -0.857. The topological polar surface area (TPSA) is 79.8 Å². The molecule has 6 nitrogen and oxygen atoms in total. The van der Waals surface area contributed by atoms with Gasteiger partial charge < -0.3 is 15.5 Å². The SMILES string of the molecule is Cc1c(Cl)cccc1NC(=O)CNC(=O)C1CC(c2cccc(F)c2)=NO1. The zero-order valence-electron chi connectivity index (χ0n) is 14.5. The number of carbonyl (C=O) groups excluding carboxylic acids is 2. The first-order valence-corrected chi connectivity index (χ1v) is 8.63. The predicted molar refractivity (Wildman–Crippen MR) is 100 cm³/mol. The molecule has 0 saturated heterocycles. The number of carbonyl (C=O) groups is 2. The minimum absolute atomic E-state index is 0.199. The molecule has 1 atom stereocenters. The molecule has 0 radical (unpaired) electrons. The first-order valence-electron chi connectivity index (χ1n) is 8.25. The van der Waals surface area contributed by atoms with Crippen LogP contribution < -0.4 is 10.6 Å². The number of oxime groups is 1. The molecule has 0 fully saturated rings. The van der Waals surface area contributed by atoms with Crippen LogP contribution in [0, 0.1) is 12.7 Å². The van der Waals surface area contributed by atoms with E-state index in [2.05, 4.69) is 15.8 Å². The van der Waals surface area contributed by atoms with E-state index in [1.54, 1.807) is 37.3 Å². The van der Waals surface area contributed by atoms with E-state index in [9.17, 15) is 14.0 Å². The molecule has 1 heterocycles. The number of nitrogens with one attached hydrogen (secondary N) is 2. The van der Waals surface area contributed by atoms with E-state index >= 15 is 0 Å². The maximum Gasteiger partial charge on any atom is 0.264 e. The third-order valence-corrected chi connectivity index (χ3v) is 4.49. The molecule has 1 aliphatic rings. The van der Waals surface area contributed by atoms with Crippen molar-refractivity contribution >= 4 is 34.8 Å². The van der Waals surface area contributed by atoms with E-state index in [1.165, 1.54) is 12.1 Å². The predicted octanol–water partition coefficient (Wildman–Crippen LogP) is 3.04. The van der Waals surface area contributed by atoms with Crippen LogP contribution in [0.4, 0.5) is 10.1 Å². The van der Waals surface area contributed by atoms with Crippen molar-refractivity contribution in [1.29, 1.82) is 0 Å². The molecule has 1 unspecified atom stereocenters. The second kappa shape index (κ2) is 8.18. The van der Waals surface area contributed by atoms with Gasteiger partial charge >= 0.3 is 0 Å². The number of hydrogen-bond acceptors (Lipinski definition) is 4. The molecule has 140 valence electrons. The van der Waals surface area contributed by atoms with Crippen molar-refractivity contribution in [1.82, 2.24) is 5.32 Å². The van der Waals surface area contributed by atoms with Crippen molar-refractivity contribution in [3.63, 3.8) is 0 Å². The maximum atomic E-state index is 13.3. The van der Waals surface area contributed by atoms with E-state index in [-0.39, 0.29) is 13.0 Å². The van der Waals surface area contributed by atoms with Gasteiger partial charge in [0.1, 0.15) is 5.82 Å². The van der Waals surface area contributed by atoms with E-state index in [4.69, 9.17) is 16.4 Å². The van der Waals surface area contributed by atoms with Gasteiger partial charge in [-0.2, -0.15) is 0 Å². The molecule has 0 saturated carbocycles.